The Morgan fingerprint density at radius 1 is 1.50 bits per heavy atom. The molecule has 0 aliphatic heterocycles. The third kappa shape index (κ3) is 2.05. The van der Waals surface area contributed by atoms with Gasteiger partial charge < -0.3 is 10.1 Å². The van der Waals surface area contributed by atoms with Crippen molar-refractivity contribution >= 4 is 17.3 Å². The largest absolute Gasteiger partial charge is 0.492 e. The topological polar surface area (TPSA) is 21.3 Å². The molecule has 0 fully saturated rings. The number of anilines is 1. The third-order valence-electron chi connectivity index (χ3n) is 1.51. The highest BCUT2D eigenvalue weighted by Crippen LogP contribution is 2.27. The SMILES string of the molecule is CCOc1ccc(Cl)cc1NC. The number of halogens is 1. The molecule has 0 saturated carbocycles. The molecule has 0 atom stereocenters. The number of rotatable bonds is 3. The van der Waals surface area contributed by atoms with Crippen molar-refractivity contribution in [2.75, 3.05) is 19.0 Å². The van der Waals surface area contributed by atoms with Gasteiger partial charge in [-0.05, 0) is 25.1 Å². The zero-order valence-electron chi connectivity index (χ0n) is 7.23. The summed E-state index contributed by atoms with van der Waals surface area (Å²) in [5.41, 5.74) is 0.921. The van der Waals surface area contributed by atoms with Crippen LogP contribution in [0.25, 0.3) is 0 Å². The van der Waals surface area contributed by atoms with E-state index in [1.54, 1.807) is 0 Å². The molecule has 0 radical (unpaired) electrons. The van der Waals surface area contributed by atoms with Crippen LogP contribution in [0.1, 0.15) is 6.92 Å². The lowest BCUT2D eigenvalue weighted by Crippen LogP contribution is -1.96. The molecule has 0 unspecified atom stereocenters. The molecule has 1 aromatic carbocycles. The normalized spacial score (nSPS) is 9.58. The van der Waals surface area contributed by atoms with Gasteiger partial charge in [-0.25, -0.2) is 0 Å². The molecule has 2 nitrogen and oxygen atoms in total. The molecule has 1 aromatic rings. The molecule has 1 rings (SSSR count). The Labute approximate surface area is 77.5 Å². The van der Waals surface area contributed by atoms with Gasteiger partial charge in [0.2, 0.25) is 0 Å². The van der Waals surface area contributed by atoms with Crippen LogP contribution >= 0.6 is 11.6 Å². The van der Waals surface area contributed by atoms with Crippen LogP contribution < -0.4 is 10.1 Å². The van der Waals surface area contributed by atoms with Crippen molar-refractivity contribution in [3.63, 3.8) is 0 Å². The first-order valence-electron chi connectivity index (χ1n) is 3.88. The summed E-state index contributed by atoms with van der Waals surface area (Å²) in [7, 11) is 1.84. The van der Waals surface area contributed by atoms with Gasteiger partial charge in [-0.1, -0.05) is 11.6 Å². The molecule has 0 aromatic heterocycles. The Hall–Kier alpha value is -0.890. The van der Waals surface area contributed by atoms with Gasteiger partial charge in [0, 0.05) is 12.1 Å². The predicted molar refractivity (Wildman–Crippen MR) is 52.2 cm³/mol. The monoisotopic (exact) mass is 185 g/mol. The lowest BCUT2D eigenvalue weighted by Gasteiger charge is -2.09. The van der Waals surface area contributed by atoms with E-state index in [4.69, 9.17) is 16.3 Å². The highest BCUT2D eigenvalue weighted by Gasteiger charge is 2.00. The standard InChI is InChI=1S/C9H12ClNO/c1-3-12-9-5-4-7(10)6-8(9)11-2/h4-6,11H,3H2,1-2H3. The highest BCUT2D eigenvalue weighted by atomic mass is 35.5. The summed E-state index contributed by atoms with van der Waals surface area (Å²) in [6.45, 7) is 2.62. The summed E-state index contributed by atoms with van der Waals surface area (Å²) in [6.07, 6.45) is 0. The van der Waals surface area contributed by atoms with Crippen molar-refractivity contribution < 1.29 is 4.74 Å². The lowest BCUT2D eigenvalue weighted by atomic mass is 10.3. The van der Waals surface area contributed by atoms with Crippen molar-refractivity contribution in [1.82, 2.24) is 0 Å². The molecule has 3 heteroatoms. The maximum absolute atomic E-state index is 5.80. The lowest BCUT2D eigenvalue weighted by molar-refractivity contribution is 0.342. The first-order chi connectivity index (χ1) is 5.77. The van der Waals surface area contributed by atoms with Crippen LogP contribution in [0.3, 0.4) is 0 Å². The van der Waals surface area contributed by atoms with Crippen LogP contribution in [0.4, 0.5) is 5.69 Å². The number of benzene rings is 1. The summed E-state index contributed by atoms with van der Waals surface area (Å²) < 4.78 is 5.36. The van der Waals surface area contributed by atoms with Gasteiger partial charge in [0.15, 0.2) is 0 Å². The van der Waals surface area contributed by atoms with Crippen LogP contribution in [-0.2, 0) is 0 Å². The molecule has 0 aliphatic rings. The van der Waals surface area contributed by atoms with E-state index in [1.165, 1.54) is 0 Å². The Morgan fingerprint density at radius 3 is 2.83 bits per heavy atom. The van der Waals surface area contributed by atoms with Gasteiger partial charge in [-0.3, -0.25) is 0 Å². The average molecular weight is 186 g/mol. The van der Waals surface area contributed by atoms with Crippen LogP contribution in [-0.4, -0.2) is 13.7 Å². The first-order valence-corrected chi connectivity index (χ1v) is 4.25. The Balaban J connectivity index is 2.94. The molecule has 0 amide bonds. The molecule has 1 N–H and O–H groups in total. The molecular weight excluding hydrogens is 174 g/mol. The van der Waals surface area contributed by atoms with Crippen molar-refractivity contribution in [1.29, 1.82) is 0 Å². The van der Waals surface area contributed by atoms with Crippen LogP contribution in [0.2, 0.25) is 5.02 Å². The Morgan fingerprint density at radius 2 is 2.25 bits per heavy atom. The average Bonchev–Trinajstić information content (AvgIpc) is 2.08. The molecule has 0 bridgehead atoms. The summed E-state index contributed by atoms with van der Waals surface area (Å²) >= 11 is 5.80. The molecule has 0 spiro atoms. The van der Waals surface area contributed by atoms with Gasteiger partial charge in [0.05, 0.1) is 12.3 Å². The molecule has 0 heterocycles. The summed E-state index contributed by atoms with van der Waals surface area (Å²) in [5, 5.41) is 3.72. The molecular formula is C9H12ClNO. The predicted octanol–water partition coefficient (Wildman–Crippen LogP) is 2.78. The molecule has 12 heavy (non-hydrogen) atoms. The van der Waals surface area contributed by atoms with E-state index in [-0.39, 0.29) is 0 Å². The van der Waals surface area contributed by atoms with E-state index in [2.05, 4.69) is 5.32 Å². The van der Waals surface area contributed by atoms with Crippen LogP contribution in [0, 0.1) is 0 Å². The van der Waals surface area contributed by atoms with Gasteiger partial charge in [0.1, 0.15) is 5.75 Å². The van der Waals surface area contributed by atoms with Crippen molar-refractivity contribution in [2.45, 2.75) is 6.92 Å². The summed E-state index contributed by atoms with van der Waals surface area (Å²) in [5.74, 6) is 0.837. The van der Waals surface area contributed by atoms with Crippen LogP contribution in [0.5, 0.6) is 5.75 Å². The smallest absolute Gasteiger partial charge is 0.142 e. The third-order valence-corrected chi connectivity index (χ3v) is 1.75. The Kier molecular flexibility index (Phi) is 3.23. The Bertz CT molecular complexity index is 263. The van der Waals surface area contributed by atoms with Crippen molar-refractivity contribution in [3.8, 4) is 5.75 Å². The zero-order valence-corrected chi connectivity index (χ0v) is 7.98. The van der Waals surface area contributed by atoms with E-state index in [0.29, 0.717) is 11.6 Å². The van der Waals surface area contributed by atoms with E-state index in [9.17, 15) is 0 Å². The maximum atomic E-state index is 5.80. The van der Waals surface area contributed by atoms with Crippen molar-refractivity contribution in [2.24, 2.45) is 0 Å². The van der Waals surface area contributed by atoms with E-state index in [1.807, 2.05) is 32.2 Å². The second kappa shape index (κ2) is 4.21. The van der Waals surface area contributed by atoms with Gasteiger partial charge in [0.25, 0.3) is 0 Å². The quantitative estimate of drug-likeness (QED) is 0.782. The van der Waals surface area contributed by atoms with Gasteiger partial charge in [-0.15, -0.1) is 0 Å². The van der Waals surface area contributed by atoms with Crippen LogP contribution in [0.15, 0.2) is 18.2 Å². The fraction of sp³-hybridized carbons (Fsp3) is 0.333. The fourth-order valence-corrected chi connectivity index (χ4v) is 1.15. The second-order valence-corrected chi connectivity index (χ2v) is 2.76. The zero-order chi connectivity index (χ0) is 8.97. The van der Waals surface area contributed by atoms with E-state index >= 15 is 0 Å². The number of hydrogen-bond acceptors (Lipinski definition) is 2. The van der Waals surface area contributed by atoms with Gasteiger partial charge >= 0.3 is 0 Å². The highest BCUT2D eigenvalue weighted by molar-refractivity contribution is 6.30. The minimum absolute atomic E-state index is 0.663. The summed E-state index contributed by atoms with van der Waals surface area (Å²) in [4.78, 5) is 0. The number of ether oxygens (including phenoxy) is 1. The van der Waals surface area contributed by atoms with Gasteiger partial charge in [-0.2, -0.15) is 0 Å². The second-order valence-electron chi connectivity index (χ2n) is 2.32. The minimum Gasteiger partial charge on any atom is -0.492 e. The van der Waals surface area contributed by atoms with E-state index < -0.39 is 0 Å². The summed E-state index contributed by atoms with van der Waals surface area (Å²) in [6, 6.07) is 5.51. The maximum Gasteiger partial charge on any atom is 0.142 e. The number of hydrogen-bond donors (Lipinski definition) is 1. The minimum atomic E-state index is 0.663. The fourth-order valence-electron chi connectivity index (χ4n) is 0.979. The molecule has 0 saturated heterocycles. The first kappa shape index (κ1) is 9.20. The number of nitrogens with one attached hydrogen (secondary N) is 1. The van der Waals surface area contributed by atoms with E-state index in [0.717, 1.165) is 11.4 Å². The molecule has 66 valence electrons. The van der Waals surface area contributed by atoms with Crippen molar-refractivity contribution in [3.05, 3.63) is 23.2 Å². The molecule has 0 aliphatic carbocycles.